The van der Waals surface area contributed by atoms with Gasteiger partial charge in [-0.25, -0.2) is 14.6 Å². The summed E-state index contributed by atoms with van der Waals surface area (Å²) in [7, 11) is 4.19. The van der Waals surface area contributed by atoms with Gasteiger partial charge in [-0.3, -0.25) is 19.2 Å². The monoisotopic (exact) mass is 502 g/mol. The molecule has 0 amide bonds. The molecule has 2 aliphatic rings. The number of aromatic amines is 1. The standard InChI is InChI=1S/C27H34N8O2/c1-31-13-15-33(16-14-31)25-11-6-10-24-29-20(22(18-36)34(24)25)17-32(2)21-8-5-7-19-26(21)27(37)35(30-19)23-9-3-4-12-28-23/h3-4,6,9-12,21,30,36H,5,7-8,13-18H2,1-2H3. The second-order valence-electron chi connectivity index (χ2n) is 10.2. The Labute approximate surface area is 215 Å². The predicted octanol–water partition coefficient (Wildman–Crippen LogP) is 1.96. The normalized spacial score (nSPS) is 18.6. The van der Waals surface area contributed by atoms with E-state index < -0.39 is 0 Å². The fraction of sp³-hybridized carbons (Fsp3) is 0.444. The van der Waals surface area contributed by atoms with Gasteiger partial charge in [-0.15, -0.1) is 0 Å². The zero-order chi connectivity index (χ0) is 25.5. The van der Waals surface area contributed by atoms with E-state index in [0.29, 0.717) is 12.4 Å². The van der Waals surface area contributed by atoms with Crippen molar-refractivity contribution in [3.63, 3.8) is 0 Å². The summed E-state index contributed by atoms with van der Waals surface area (Å²) in [5.41, 5.74) is 4.25. The minimum atomic E-state index is -0.0956. The SMILES string of the molecule is CN1CCN(c2cccc3nc(CN(C)C4CCCc5[nH]n(-c6ccccn6)c(=O)c54)c(CO)n23)CC1. The molecule has 1 aliphatic carbocycles. The van der Waals surface area contributed by atoms with Gasteiger partial charge in [-0.2, -0.15) is 0 Å². The highest BCUT2D eigenvalue weighted by Gasteiger charge is 2.31. The third-order valence-corrected chi connectivity index (χ3v) is 7.83. The number of aromatic nitrogens is 5. The molecular weight excluding hydrogens is 468 g/mol. The van der Waals surface area contributed by atoms with Crippen LogP contribution in [0.25, 0.3) is 11.5 Å². The molecule has 5 heterocycles. The first kappa shape index (κ1) is 23.9. The van der Waals surface area contributed by atoms with E-state index in [-0.39, 0.29) is 18.2 Å². The summed E-state index contributed by atoms with van der Waals surface area (Å²) in [4.78, 5) is 29.7. The van der Waals surface area contributed by atoms with Crippen LogP contribution in [0.1, 0.15) is 41.5 Å². The number of anilines is 1. The van der Waals surface area contributed by atoms with Crippen LogP contribution in [0.15, 0.2) is 47.4 Å². The molecule has 10 heteroatoms. The van der Waals surface area contributed by atoms with Crippen molar-refractivity contribution in [2.45, 2.75) is 38.5 Å². The van der Waals surface area contributed by atoms with Crippen LogP contribution in [-0.4, -0.2) is 79.3 Å². The van der Waals surface area contributed by atoms with Gasteiger partial charge in [0, 0.05) is 50.7 Å². The molecule has 1 saturated heterocycles. The highest BCUT2D eigenvalue weighted by Crippen LogP contribution is 2.33. The molecule has 10 nitrogen and oxygen atoms in total. The molecular formula is C27H34N8O2. The van der Waals surface area contributed by atoms with Crippen molar-refractivity contribution in [2.75, 3.05) is 45.2 Å². The first-order chi connectivity index (χ1) is 18.0. The molecule has 0 bridgehead atoms. The molecule has 1 aliphatic heterocycles. The van der Waals surface area contributed by atoms with Crippen LogP contribution in [0.4, 0.5) is 5.82 Å². The number of rotatable bonds is 6. The average molecular weight is 503 g/mol. The van der Waals surface area contributed by atoms with Gasteiger partial charge in [0.15, 0.2) is 5.82 Å². The third-order valence-electron chi connectivity index (χ3n) is 7.83. The summed E-state index contributed by atoms with van der Waals surface area (Å²) in [6, 6.07) is 11.7. The van der Waals surface area contributed by atoms with E-state index in [2.05, 4.69) is 42.3 Å². The number of piperazine rings is 1. The Morgan fingerprint density at radius 2 is 1.97 bits per heavy atom. The summed E-state index contributed by atoms with van der Waals surface area (Å²) < 4.78 is 3.66. The Morgan fingerprint density at radius 3 is 2.73 bits per heavy atom. The Balaban J connectivity index is 1.32. The molecule has 1 fully saturated rings. The molecule has 0 saturated carbocycles. The van der Waals surface area contributed by atoms with E-state index in [1.54, 1.807) is 10.9 Å². The Kier molecular flexibility index (Phi) is 6.31. The van der Waals surface area contributed by atoms with Gasteiger partial charge in [-0.1, -0.05) is 12.1 Å². The lowest BCUT2D eigenvalue weighted by Crippen LogP contribution is -2.45. The quantitative estimate of drug-likeness (QED) is 0.416. The van der Waals surface area contributed by atoms with Crippen molar-refractivity contribution in [2.24, 2.45) is 0 Å². The van der Waals surface area contributed by atoms with Crippen LogP contribution in [0.2, 0.25) is 0 Å². The van der Waals surface area contributed by atoms with Crippen molar-refractivity contribution >= 4 is 11.5 Å². The molecule has 37 heavy (non-hydrogen) atoms. The van der Waals surface area contributed by atoms with Crippen LogP contribution in [0.3, 0.4) is 0 Å². The fourth-order valence-corrected chi connectivity index (χ4v) is 5.83. The van der Waals surface area contributed by atoms with Gasteiger partial charge in [0.05, 0.1) is 23.6 Å². The number of H-pyrrole nitrogens is 1. The lowest BCUT2D eigenvalue weighted by Gasteiger charge is -2.34. The lowest BCUT2D eigenvalue weighted by molar-refractivity contribution is 0.206. The van der Waals surface area contributed by atoms with Crippen LogP contribution < -0.4 is 10.5 Å². The molecule has 4 aromatic rings. The van der Waals surface area contributed by atoms with Gasteiger partial charge in [-0.05, 0) is 57.6 Å². The maximum absolute atomic E-state index is 13.5. The second kappa shape index (κ2) is 9.77. The molecule has 194 valence electrons. The van der Waals surface area contributed by atoms with Crippen molar-refractivity contribution in [3.05, 3.63) is 75.6 Å². The van der Waals surface area contributed by atoms with Crippen LogP contribution in [0, 0.1) is 0 Å². The number of pyridine rings is 2. The zero-order valence-electron chi connectivity index (χ0n) is 21.5. The Hall–Kier alpha value is -3.47. The van der Waals surface area contributed by atoms with Gasteiger partial charge in [0.1, 0.15) is 11.5 Å². The maximum Gasteiger partial charge on any atom is 0.277 e. The highest BCUT2D eigenvalue weighted by atomic mass is 16.3. The molecule has 0 aromatic carbocycles. The minimum Gasteiger partial charge on any atom is -0.390 e. The van der Waals surface area contributed by atoms with E-state index in [0.717, 1.165) is 79.6 Å². The Morgan fingerprint density at radius 1 is 1.14 bits per heavy atom. The number of aliphatic hydroxyl groups is 1. The number of hydrogen-bond donors (Lipinski definition) is 2. The average Bonchev–Trinajstić information content (AvgIpc) is 3.46. The fourth-order valence-electron chi connectivity index (χ4n) is 5.83. The highest BCUT2D eigenvalue weighted by molar-refractivity contribution is 5.55. The van der Waals surface area contributed by atoms with Gasteiger partial charge in [0.25, 0.3) is 5.56 Å². The largest absolute Gasteiger partial charge is 0.390 e. The number of aryl methyl sites for hydroxylation is 1. The molecule has 2 N–H and O–H groups in total. The van der Waals surface area contributed by atoms with Crippen molar-refractivity contribution in [3.8, 4) is 5.82 Å². The van der Waals surface area contributed by atoms with E-state index in [1.807, 2.05) is 37.4 Å². The van der Waals surface area contributed by atoms with E-state index in [9.17, 15) is 9.90 Å². The summed E-state index contributed by atoms with van der Waals surface area (Å²) >= 11 is 0. The summed E-state index contributed by atoms with van der Waals surface area (Å²) in [6.07, 6.45) is 4.43. The number of nitrogens with zero attached hydrogens (tertiary/aromatic N) is 7. The number of hydrogen-bond acceptors (Lipinski definition) is 7. The van der Waals surface area contributed by atoms with Gasteiger partial charge < -0.3 is 14.9 Å². The van der Waals surface area contributed by atoms with Crippen molar-refractivity contribution < 1.29 is 5.11 Å². The second-order valence-corrected chi connectivity index (χ2v) is 10.2. The first-order valence-electron chi connectivity index (χ1n) is 13.0. The van der Waals surface area contributed by atoms with E-state index >= 15 is 0 Å². The van der Waals surface area contributed by atoms with Crippen LogP contribution in [0.5, 0.6) is 0 Å². The summed E-state index contributed by atoms with van der Waals surface area (Å²) in [6.45, 7) is 4.33. The smallest absolute Gasteiger partial charge is 0.277 e. The number of likely N-dealkylation sites (N-methyl/N-ethyl adjacent to an activating group) is 1. The third kappa shape index (κ3) is 4.24. The first-order valence-corrected chi connectivity index (χ1v) is 13.0. The molecule has 6 rings (SSSR count). The maximum atomic E-state index is 13.5. The van der Waals surface area contributed by atoms with Crippen molar-refractivity contribution in [1.82, 2.24) is 33.9 Å². The van der Waals surface area contributed by atoms with Crippen molar-refractivity contribution in [1.29, 1.82) is 0 Å². The molecule has 0 spiro atoms. The topological polar surface area (TPSA) is 97.9 Å². The van der Waals surface area contributed by atoms with Crippen LogP contribution in [-0.2, 0) is 19.6 Å². The van der Waals surface area contributed by atoms with E-state index in [4.69, 9.17) is 4.98 Å². The summed E-state index contributed by atoms with van der Waals surface area (Å²) in [5, 5.41) is 13.8. The minimum absolute atomic E-state index is 0.0362. The number of nitrogens with one attached hydrogen (secondary N) is 1. The zero-order valence-corrected chi connectivity index (χ0v) is 21.5. The van der Waals surface area contributed by atoms with Gasteiger partial charge >= 0.3 is 0 Å². The molecule has 1 unspecified atom stereocenters. The Bertz CT molecular complexity index is 1450. The van der Waals surface area contributed by atoms with Gasteiger partial charge in [0.2, 0.25) is 0 Å². The lowest BCUT2D eigenvalue weighted by atomic mass is 9.92. The van der Waals surface area contributed by atoms with E-state index in [1.165, 1.54) is 0 Å². The number of imidazole rings is 1. The molecule has 4 aromatic heterocycles. The predicted molar refractivity (Wildman–Crippen MR) is 142 cm³/mol. The summed E-state index contributed by atoms with van der Waals surface area (Å²) in [5.74, 6) is 1.67. The number of aliphatic hydroxyl groups excluding tert-OH is 1. The number of fused-ring (bicyclic) bond motifs is 2. The van der Waals surface area contributed by atoms with Crippen LogP contribution >= 0.6 is 0 Å². The molecule has 0 radical (unpaired) electrons. The molecule has 1 atom stereocenters.